The molecule has 2 aliphatic rings. The van der Waals surface area contributed by atoms with Crippen LogP contribution < -0.4 is 0 Å². The Labute approximate surface area is 150 Å². The summed E-state index contributed by atoms with van der Waals surface area (Å²) in [6, 6.07) is 8.86. The summed E-state index contributed by atoms with van der Waals surface area (Å²) in [7, 11) is 0. The van der Waals surface area contributed by atoms with E-state index in [0.29, 0.717) is 37.2 Å². The monoisotopic (exact) mass is 350 g/mol. The topological polar surface area (TPSA) is 95.1 Å². The van der Waals surface area contributed by atoms with E-state index in [4.69, 9.17) is 5.26 Å². The minimum absolute atomic E-state index is 0.0821. The van der Waals surface area contributed by atoms with Crippen LogP contribution in [0.4, 0.5) is 0 Å². The maximum Gasteiger partial charge on any atom is 0.254 e. The average molecular weight is 350 g/mol. The van der Waals surface area contributed by atoms with Crippen LogP contribution >= 0.6 is 0 Å². The third kappa shape index (κ3) is 3.04. The first-order chi connectivity index (χ1) is 12.6. The molecule has 4 rings (SSSR count). The van der Waals surface area contributed by atoms with Gasteiger partial charge in [0.1, 0.15) is 5.69 Å². The van der Waals surface area contributed by atoms with Gasteiger partial charge in [0.2, 0.25) is 5.91 Å². The number of likely N-dealkylation sites (tertiary alicyclic amines) is 2. The number of hydrogen-bond donors (Lipinski definition) is 0. The summed E-state index contributed by atoms with van der Waals surface area (Å²) in [4.78, 5) is 27.7. The van der Waals surface area contributed by atoms with Crippen LogP contribution in [0, 0.1) is 11.3 Å². The zero-order valence-electron chi connectivity index (χ0n) is 14.2. The van der Waals surface area contributed by atoms with Crippen molar-refractivity contribution in [2.45, 2.75) is 25.4 Å². The number of rotatable bonds is 4. The van der Waals surface area contributed by atoms with Crippen LogP contribution in [0.1, 0.15) is 40.5 Å². The van der Waals surface area contributed by atoms with Crippen LogP contribution in [0.5, 0.6) is 0 Å². The molecule has 0 bridgehead atoms. The van der Waals surface area contributed by atoms with Crippen molar-refractivity contribution in [3.05, 3.63) is 47.3 Å². The van der Waals surface area contributed by atoms with Crippen molar-refractivity contribution in [1.29, 1.82) is 5.26 Å². The molecule has 0 unspecified atom stereocenters. The SMILES string of the molecule is N#Cc1cccc(C(=O)N2CC(n3cc(CN4CCCC4=O)nn3)C2)c1. The first kappa shape index (κ1) is 16.3. The Morgan fingerprint density at radius 2 is 2.19 bits per heavy atom. The maximum absolute atomic E-state index is 12.5. The number of amides is 2. The second kappa shape index (κ2) is 6.59. The van der Waals surface area contributed by atoms with Gasteiger partial charge in [0.15, 0.2) is 0 Å². The lowest BCUT2D eigenvalue weighted by Gasteiger charge is -2.38. The molecular formula is C18H18N6O2. The third-order valence-corrected chi connectivity index (χ3v) is 4.84. The zero-order valence-corrected chi connectivity index (χ0v) is 14.2. The van der Waals surface area contributed by atoms with E-state index in [1.165, 1.54) is 0 Å². The van der Waals surface area contributed by atoms with E-state index in [9.17, 15) is 9.59 Å². The van der Waals surface area contributed by atoms with Crippen molar-refractivity contribution in [3.8, 4) is 6.07 Å². The first-order valence-corrected chi connectivity index (χ1v) is 8.62. The van der Waals surface area contributed by atoms with Gasteiger partial charge in [0, 0.05) is 31.6 Å². The predicted molar refractivity (Wildman–Crippen MR) is 90.8 cm³/mol. The molecule has 2 saturated heterocycles. The smallest absolute Gasteiger partial charge is 0.254 e. The molecule has 2 aromatic rings. The van der Waals surface area contributed by atoms with Crippen LogP contribution in [0.2, 0.25) is 0 Å². The van der Waals surface area contributed by atoms with Crippen LogP contribution in [-0.4, -0.2) is 56.2 Å². The van der Waals surface area contributed by atoms with Crippen molar-refractivity contribution in [2.75, 3.05) is 19.6 Å². The molecule has 0 radical (unpaired) electrons. The Kier molecular flexibility index (Phi) is 4.13. The van der Waals surface area contributed by atoms with Crippen molar-refractivity contribution < 1.29 is 9.59 Å². The minimum Gasteiger partial charge on any atom is -0.337 e. The third-order valence-electron chi connectivity index (χ3n) is 4.84. The summed E-state index contributed by atoms with van der Waals surface area (Å²) in [6.07, 6.45) is 3.37. The van der Waals surface area contributed by atoms with E-state index < -0.39 is 0 Å². The highest BCUT2D eigenvalue weighted by Gasteiger charge is 2.33. The van der Waals surface area contributed by atoms with E-state index in [1.54, 1.807) is 38.7 Å². The highest BCUT2D eigenvalue weighted by Crippen LogP contribution is 2.23. The Hall–Kier alpha value is -3.21. The second-order valence-electron chi connectivity index (χ2n) is 6.67. The van der Waals surface area contributed by atoms with Crippen LogP contribution in [0.15, 0.2) is 30.5 Å². The molecule has 2 aliphatic heterocycles. The van der Waals surface area contributed by atoms with Gasteiger partial charge in [-0.05, 0) is 24.6 Å². The molecule has 1 aromatic carbocycles. The summed E-state index contributed by atoms with van der Waals surface area (Å²) >= 11 is 0. The van der Waals surface area contributed by atoms with Crippen molar-refractivity contribution >= 4 is 11.8 Å². The molecule has 0 atom stereocenters. The Morgan fingerprint density at radius 3 is 2.92 bits per heavy atom. The van der Waals surface area contributed by atoms with Gasteiger partial charge in [-0.15, -0.1) is 5.10 Å². The van der Waals surface area contributed by atoms with E-state index >= 15 is 0 Å². The van der Waals surface area contributed by atoms with Gasteiger partial charge >= 0.3 is 0 Å². The van der Waals surface area contributed by atoms with Crippen molar-refractivity contribution in [3.63, 3.8) is 0 Å². The fourth-order valence-electron chi connectivity index (χ4n) is 3.32. The number of hydrogen-bond acceptors (Lipinski definition) is 5. The predicted octanol–water partition coefficient (Wildman–Crippen LogP) is 0.969. The van der Waals surface area contributed by atoms with Gasteiger partial charge in [-0.3, -0.25) is 9.59 Å². The maximum atomic E-state index is 12.5. The second-order valence-corrected chi connectivity index (χ2v) is 6.67. The summed E-state index contributed by atoms with van der Waals surface area (Å²) in [6.45, 7) is 2.39. The molecule has 1 aromatic heterocycles. The number of benzene rings is 1. The lowest BCUT2D eigenvalue weighted by Crippen LogP contribution is -2.50. The van der Waals surface area contributed by atoms with Gasteiger partial charge < -0.3 is 9.80 Å². The quantitative estimate of drug-likeness (QED) is 0.819. The summed E-state index contributed by atoms with van der Waals surface area (Å²) in [5.41, 5.74) is 1.77. The van der Waals surface area contributed by atoms with Gasteiger partial charge in [-0.25, -0.2) is 4.68 Å². The number of aromatic nitrogens is 3. The molecule has 0 saturated carbocycles. The van der Waals surface area contributed by atoms with E-state index in [0.717, 1.165) is 18.7 Å². The average Bonchev–Trinajstić information content (AvgIpc) is 3.23. The fourth-order valence-corrected chi connectivity index (χ4v) is 3.32. The van der Waals surface area contributed by atoms with Crippen molar-refractivity contribution in [2.24, 2.45) is 0 Å². The molecule has 0 aliphatic carbocycles. The molecule has 132 valence electrons. The molecule has 8 nitrogen and oxygen atoms in total. The van der Waals surface area contributed by atoms with Gasteiger partial charge in [-0.2, -0.15) is 5.26 Å². The lowest BCUT2D eigenvalue weighted by molar-refractivity contribution is -0.128. The Morgan fingerprint density at radius 1 is 1.35 bits per heavy atom. The van der Waals surface area contributed by atoms with Gasteiger partial charge in [-0.1, -0.05) is 11.3 Å². The number of carbonyl (C=O) groups excluding carboxylic acids is 2. The number of carbonyl (C=O) groups is 2. The summed E-state index contributed by atoms with van der Waals surface area (Å²) in [5.74, 6) is 0.0842. The van der Waals surface area contributed by atoms with Crippen LogP contribution in [0.25, 0.3) is 0 Å². The lowest BCUT2D eigenvalue weighted by atomic mass is 10.1. The molecule has 0 spiro atoms. The Bertz CT molecular complexity index is 893. The standard InChI is InChI=1S/C18H18N6O2/c19-8-13-3-1-4-14(7-13)18(26)23-11-16(12-23)24-10-15(20-21-24)9-22-6-2-5-17(22)25/h1,3-4,7,10,16H,2,5-6,9,11-12H2. The number of nitrogens with zero attached hydrogens (tertiary/aromatic N) is 6. The normalized spacial score (nSPS) is 17.3. The van der Waals surface area contributed by atoms with Gasteiger partial charge in [0.25, 0.3) is 5.91 Å². The Balaban J connectivity index is 1.35. The zero-order chi connectivity index (χ0) is 18.1. The highest BCUT2D eigenvalue weighted by atomic mass is 16.2. The minimum atomic E-state index is -0.0821. The molecule has 2 fully saturated rings. The first-order valence-electron chi connectivity index (χ1n) is 8.62. The molecule has 2 amide bonds. The number of nitriles is 1. The van der Waals surface area contributed by atoms with E-state index in [1.807, 2.05) is 12.3 Å². The molecule has 0 N–H and O–H groups in total. The van der Waals surface area contributed by atoms with Crippen LogP contribution in [-0.2, 0) is 11.3 Å². The van der Waals surface area contributed by atoms with Gasteiger partial charge in [0.05, 0.1) is 30.4 Å². The fraction of sp³-hybridized carbons (Fsp3) is 0.389. The van der Waals surface area contributed by atoms with E-state index in [-0.39, 0.29) is 17.9 Å². The largest absolute Gasteiger partial charge is 0.337 e. The summed E-state index contributed by atoms with van der Waals surface area (Å²) < 4.78 is 1.77. The van der Waals surface area contributed by atoms with Crippen LogP contribution in [0.3, 0.4) is 0 Å². The van der Waals surface area contributed by atoms with Crippen molar-refractivity contribution in [1.82, 2.24) is 24.8 Å². The highest BCUT2D eigenvalue weighted by molar-refractivity contribution is 5.95. The molecule has 26 heavy (non-hydrogen) atoms. The molecule has 3 heterocycles. The molecular weight excluding hydrogens is 332 g/mol. The van der Waals surface area contributed by atoms with E-state index in [2.05, 4.69) is 10.3 Å². The summed E-state index contributed by atoms with van der Waals surface area (Å²) in [5, 5.41) is 17.2. The molecule has 8 heteroatoms.